The summed E-state index contributed by atoms with van der Waals surface area (Å²) in [6.45, 7) is 0.127. The Balaban J connectivity index is 1.35. The highest BCUT2D eigenvalue weighted by Crippen LogP contribution is 2.18. The molecule has 2 aromatic heterocycles. The Morgan fingerprint density at radius 1 is 1.19 bits per heavy atom. The number of amides is 1. The zero-order chi connectivity index (χ0) is 18.2. The fraction of sp³-hybridized carbons (Fsp3) is 0.222. The summed E-state index contributed by atoms with van der Waals surface area (Å²) in [5, 5.41) is 10.3. The van der Waals surface area contributed by atoms with Crippen LogP contribution in [0.5, 0.6) is 0 Å². The van der Waals surface area contributed by atoms with E-state index in [1.165, 1.54) is 11.3 Å². The van der Waals surface area contributed by atoms with Gasteiger partial charge in [0.25, 0.3) is 5.89 Å². The number of esters is 1. The second-order valence-corrected chi connectivity index (χ2v) is 6.23. The summed E-state index contributed by atoms with van der Waals surface area (Å²) >= 11 is 1.53. The van der Waals surface area contributed by atoms with Gasteiger partial charge in [0.05, 0.1) is 12.8 Å². The first-order valence-corrected chi connectivity index (χ1v) is 8.96. The van der Waals surface area contributed by atoms with E-state index in [2.05, 4.69) is 15.5 Å². The first-order chi connectivity index (χ1) is 12.7. The van der Waals surface area contributed by atoms with Gasteiger partial charge in [0.2, 0.25) is 11.7 Å². The number of hydrogen-bond donors (Lipinski definition) is 1. The van der Waals surface area contributed by atoms with Crippen LogP contribution in [0.15, 0.2) is 51.7 Å². The maximum atomic E-state index is 11.8. The Morgan fingerprint density at radius 2 is 2.04 bits per heavy atom. The number of nitrogens with one attached hydrogen (secondary N) is 1. The number of ether oxygens (including phenoxy) is 1. The van der Waals surface area contributed by atoms with Crippen molar-refractivity contribution >= 4 is 23.2 Å². The smallest absolute Gasteiger partial charge is 0.308 e. The quantitative estimate of drug-likeness (QED) is 0.612. The van der Waals surface area contributed by atoms with Gasteiger partial charge in [0.1, 0.15) is 0 Å². The number of carbonyl (C=O) groups excluding carboxylic acids is 2. The van der Waals surface area contributed by atoms with Crippen molar-refractivity contribution < 1.29 is 18.8 Å². The number of nitrogens with zero attached hydrogens (tertiary/aromatic N) is 2. The van der Waals surface area contributed by atoms with Crippen LogP contribution in [0.2, 0.25) is 0 Å². The summed E-state index contributed by atoms with van der Waals surface area (Å²) < 4.78 is 10.1. The van der Waals surface area contributed by atoms with Crippen LogP contribution in [-0.2, 0) is 27.4 Å². The van der Waals surface area contributed by atoms with Crippen molar-refractivity contribution in [2.45, 2.75) is 19.4 Å². The SMILES string of the molecule is O=C(Cc1ccccc1)NCCC(=O)OCc1nc(-c2ccsc2)no1. The molecule has 0 unspecified atom stereocenters. The average molecular weight is 371 g/mol. The maximum absolute atomic E-state index is 11.8. The molecule has 2 heterocycles. The van der Waals surface area contributed by atoms with Gasteiger partial charge in [0, 0.05) is 17.5 Å². The fourth-order valence-electron chi connectivity index (χ4n) is 2.18. The predicted molar refractivity (Wildman–Crippen MR) is 95.2 cm³/mol. The molecule has 0 atom stereocenters. The number of aromatic nitrogens is 2. The lowest BCUT2D eigenvalue weighted by Gasteiger charge is -2.05. The van der Waals surface area contributed by atoms with Gasteiger partial charge in [-0.05, 0) is 17.0 Å². The van der Waals surface area contributed by atoms with Crippen molar-refractivity contribution in [1.82, 2.24) is 15.5 Å². The van der Waals surface area contributed by atoms with Gasteiger partial charge in [-0.3, -0.25) is 9.59 Å². The molecule has 1 N–H and O–H groups in total. The van der Waals surface area contributed by atoms with Crippen LogP contribution in [0.1, 0.15) is 17.9 Å². The second-order valence-electron chi connectivity index (χ2n) is 5.45. The van der Waals surface area contributed by atoms with Crippen LogP contribution in [0.4, 0.5) is 0 Å². The summed E-state index contributed by atoms with van der Waals surface area (Å²) in [6.07, 6.45) is 0.356. The third-order valence-electron chi connectivity index (χ3n) is 3.46. The molecule has 3 aromatic rings. The maximum Gasteiger partial charge on any atom is 0.308 e. The Labute approximate surface area is 154 Å². The molecule has 1 aromatic carbocycles. The zero-order valence-corrected chi connectivity index (χ0v) is 14.7. The topological polar surface area (TPSA) is 94.3 Å². The van der Waals surface area contributed by atoms with Crippen LogP contribution in [-0.4, -0.2) is 28.6 Å². The van der Waals surface area contributed by atoms with Crippen molar-refractivity contribution in [3.05, 3.63) is 58.6 Å². The molecule has 0 aliphatic rings. The molecule has 8 heteroatoms. The minimum absolute atomic E-state index is 0.0755. The number of benzene rings is 1. The summed E-state index contributed by atoms with van der Waals surface area (Å²) in [6, 6.07) is 11.3. The number of rotatable bonds is 8. The van der Waals surface area contributed by atoms with E-state index in [-0.39, 0.29) is 37.8 Å². The Kier molecular flexibility index (Phi) is 6.10. The largest absolute Gasteiger partial charge is 0.456 e. The van der Waals surface area contributed by atoms with E-state index in [0.717, 1.165) is 11.1 Å². The monoisotopic (exact) mass is 371 g/mol. The Hall–Kier alpha value is -3.00. The van der Waals surface area contributed by atoms with Crippen molar-refractivity contribution in [1.29, 1.82) is 0 Å². The molecule has 134 valence electrons. The number of carbonyl (C=O) groups is 2. The van der Waals surface area contributed by atoms with E-state index in [9.17, 15) is 9.59 Å². The van der Waals surface area contributed by atoms with Crippen LogP contribution >= 0.6 is 11.3 Å². The molecule has 3 rings (SSSR count). The van der Waals surface area contributed by atoms with Crippen LogP contribution < -0.4 is 5.32 Å². The van der Waals surface area contributed by atoms with Crippen molar-refractivity contribution in [3.8, 4) is 11.4 Å². The van der Waals surface area contributed by atoms with E-state index in [1.807, 2.05) is 47.2 Å². The Morgan fingerprint density at radius 3 is 2.81 bits per heavy atom. The third-order valence-corrected chi connectivity index (χ3v) is 4.15. The molecule has 0 fully saturated rings. The lowest BCUT2D eigenvalue weighted by Crippen LogP contribution is -2.27. The van der Waals surface area contributed by atoms with Gasteiger partial charge in [-0.15, -0.1) is 0 Å². The van der Waals surface area contributed by atoms with Crippen LogP contribution in [0.3, 0.4) is 0 Å². The molecular formula is C18H17N3O4S. The van der Waals surface area contributed by atoms with Gasteiger partial charge in [-0.1, -0.05) is 35.5 Å². The van der Waals surface area contributed by atoms with Crippen LogP contribution in [0, 0.1) is 0 Å². The molecule has 0 saturated heterocycles. The van der Waals surface area contributed by atoms with Gasteiger partial charge >= 0.3 is 5.97 Å². The van der Waals surface area contributed by atoms with Gasteiger partial charge in [-0.2, -0.15) is 16.3 Å². The third kappa shape index (κ3) is 5.25. The van der Waals surface area contributed by atoms with Gasteiger partial charge in [-0.25, -0.2) is 0 Å². The molecule has 1 amide bonds. The molecule has 0 aliphatic carbocycles. The molecule has 7 nitrogen and oxygen atoms in total. The standard InChI is InChI=1S/C18H17N3O4S/c22-15(10-13-4-2-1-3-5-13)19-8-6-17(23)24-11-16-20-18(21-25-16)14-7-9-26-12-14/h1-5,7,9,12H,6,8,10-11H2,(H,19,22). The molecule has 0 saturated carbocycles. The highest BCUT2D eigenvalue weighted by Gasteiger charge is 2.12. The highest BCUT2D eigenvalue weighted by molar-refractivity contribution is 7.08. The Bertz CT molecular complexity index is 846. The van der Waals surface area contributed by atoms with Crippen LogP contribution in [0.25, 0.3) is 11.4 Å². The first-order valence-electron chi connectivity index (χ1n) is 8.02. The normalized spacial score (nSPS) is 10.5. The highest BCUT2D eigenvalue weighted by atomic mass is 32.1. The average Bonchev–Trinajstić information content (AvgIpc) is 3.32. The minimum atomic E-state index is -0.444. The van der Waals surface area contributed by atoms with E-state index >= 15 is 0 Å². The van der Waals surface area contributed by atoms with Crippen molar-refractivity contribution in [2.24, 2.45) is 0 Å². The summed E-state index contributed by atoms with van der Waals surface area (Å²) in [5.41, 5.74) is 1.78. The summed E-state index contributed by atoms with van der Waals surface area (Å²) in [5.74, 6) is 0.111. The number of thiophene rings is 1. The molecule has 26 heavy (non-hydrogen) atoms. The summed E-state index contributed by atoms with van der Waals surface area (Å²) in [4.78, 5) is 27.7. The predicted octanol–water partition coefficient (Wildman–Crippen LogP) is 2.59. The molecule has 0 bridgehead atoms. The number of hydrogen-bond acceptors (Lipinski definition) is 7. The van der Waals surface area contributed by atoms with E-state index < -0.39 is 5.97 Å². The lowest BCUT2D eigenvalue weighted by atomic mass is 10.1. The van der Waals surface area contributed by atoms with Crippen molar-refractivity contribution in [3.63, 3.8) is 0 Å². The van der Waals surface area contributed by atoms with E-state index in [1.54, 1.807) is 0 Å². The molecule has 0 spiro atoms. The second kappa shape index (κ2) is 8.91. The lowest BCUT2D eigenvalue weighted by molar-refractivity contribution is -0.145. The van der Waals surface area contributed by atoms with E-state index in [0.29, 0.717) is 5.82 Å². The fourth-order valence-corrected chi connectivity index (χ4v) is 2.82. The first kappa shape index (κ1) is 17.8. The van der Waals surface area contributed by atoms with Crippen molar-refractivity contribution in [2.75, 3.05) is 6.54 Å². The summed E-state index contributed by atoms with van der Waals surface area (Å²) in [7, 11) is 0. The van der Waals surface area contributed by atoms with E-state index in [4.69, 9.17) is 9.26 Å². The molecular weight excluding hydrogens is 354 g/mol. The molecule has 0 radical (unpaired) electrons. The molecule has 0 aliphatic heterocycles. The van der Waals surface area contributed by atoms with Gasteiger partial charge < -0.3 is 14.6 Å². The zero-order valence-electron chi connectivity index (χ0n) is 13.9. The minimum Gasteiger partial charge on any atom is -0.456 e. The van der Waals surface area contributed by atoms with Gasteiger partial charge in [0.15, 0.2) is 6.61 Å².